The van der Waals surface area contributed by atoms with Crippen molar-refractivity contribution in [1.82, 2.24) is 19.4 Å². The number of benzene rings is 1. The van der Waals surface area contributed by atoms with Crippen LogP contribution in [0.3, 0.4) is 0 Å². The molecule has 1 aromatic carbocycles. The number of hydrogen-bond donors (Lipinski definition) is 1. The fourth-order valence-corrected chi connectivity index (χ4v) is 6.72. The smallest absolute Gasteiger partial charge is 0.252 e. The second kappa shape index (κ2) is 9.76. The van der Waals surface area contributed by atoms with Crippen LogP contribution in [0, 0.1) is 0 Å². The maximum Gasteiger partial charge on any atom is 0.252 e. The molecule has 9 heteroatoms. The van der Waals surface area contributed by atoms with Crippen molar-refractivity contribution in [3.63, 3.8) is 0 Å². The highest BCUT2D eigenvalue weighted by atomic mass is 32.2. The molecule has 31 heavy (non-hydrogen) atoms. The summed E-state index contributed by atoms with van der Waals surface area (Å²) >= 11 is 1.19. The zero-order valence-corrected chi connectivity index (χ0v) is 18.9. The van der Waals surface area contributed by atoms with Gasteiger partial charge in [0.25, 0.3) is 10.0 Å². The molecule has 0 aliphatic carbocycles. The molecule has 0 bridgehead atoms. The number of sulfonamides is 1. The molecule has 3 aromatic rings. The highest BCUT2D eigenvalue weighted by Gasteiger charge is 2.27. The van der Waals surface area contributed by atoms with E-state index in [1.807, 2.05) is 41.2 Å². The largest absolute Gasteiger partial charge is 0.352 e. The van der Waals surface area contributed by atoms with Crippen LogP contribution >= 0.6 is 11.3 Å². The van der Waals surface area contributed by atoms with Crippen molar-refractivity contribution in [3.05, 3.63) is 70.9 Å². The van der Waals surface area contributed by atoms with E-state index in [4.69, 9.17) is 0 Å². The van der Waals surface area contributed by atoms with Gasteiger partial charge in [-0.25, -0.2) is 8.42 Å². The van der Waals surface area contributed by atoms with Crippen LogP contribution in [-0.2, 0) is 34.3 Å². The van der Waals surface area contributed by atoms with Crippen molar-refractivity contribution in [2.75, 3.05) is 13.1 Å². The van der Waals surface area contributed by atoms with Crippen LogP contribution < -0.4 is 5.32 Å². The molecule has 2 aromatic heterocycles. The van der Waals surface area contributed by atoms with Crippen molar-refractivity contribution in [2.45, 2.75) is 43.0 Å². The molecule has 164 valence electrons. The van der Waals surface area contributed by atoms with E-state index in [1.54, 1.807) is 22.6 Å². The van der Waals surface area contributed by atoms with Gasteiger partial charge in [0.2, 0.25) is 5.91 Å². The summed E-state index contributed by atoms with van der Waals surface area (Å²) < 4.78 is 29.3. The molecule has 1 amide bonds. The first-order valence-electron chi connectivity index (χ1n) is 10.4. The van der Waals surface area contributed by atoms with Gasteiger partial charge < -0.3 is 5.32 Å². The third kappa shape index (κ3) is 5.41. The Morgan fingerprint density at radius 2 is 1.81 bits per heavy atom. The van der Waals surface area contributed by atoms with Crippen LogP contribution in [-0.4, -0.2) is 41.5 Å². The summed E-state index contributed by atoms with van der Waals surface area (Å²) in [5, 5.41) is 7.19. The van der Waals surface area contributed by atoms with E-state index in [1.165, 1.54) is 11.3 Å². The highest BCUT2D eigenvalue weighted by Crippen LogP contribution is 2.27. The molecular formula is C22H26N4O3S2. The summed E-state index contributed by atoms with van der Waals surface area (Å²) in [6.45, 7) is 2.21. The van der Waals surface area contributed by atoms with Crippen molar-refractivity contribution in [3.8, 4) is 0 Å². The number of rotatable bonds is 8. The Balaban J connectivity index is 1.35. The summed E-state index contributed by atoms with van der Waals surface area (Å²) in [5.74, 6) is -0.127. The van der Waals surface area contributed by atoms with Crippen LogP contribution in [0.1, 0.15) is 35.3 Å². The van der Waals surface area contributed by atoms with E-state index in [-0.39, 0.29) is 12.3 Å². The first-order chi connectivity index (χ1) is 15.0. The molecule has 0 radical (unpaired) electrons. The molecule has 0 saturated carbocycles. The highest BCUT2D eigenvalue weighted by molar-refractivity contribution is 7.91. The minimum absolute atomic E-state index is 0.127. The monoisotopic (exact) mass is 458 g/mol. The van der Waals surface area contributed by atoms with Crippen LogP contribution in [0.25, 0.3) is 0 Å². The Labute approximate surface area is 186 Å². The van der Waals surface area contributed by atoms with Crippen LogP contribution in [0.2, 0.25) is 0 Å². The van der Waals surface area contributed by atoms with Crippen molar-refractivity contribution in [2.24, 2.45) is 0 Å². The lowest BCUT2D eigenvalue weighted by molar-refractivity contribution is -0.120. The van der Waals surface area contributed by atoms with Gasteiger partial charge >= 0.3 is 0 Å². The lowest BCUT2D eigenvalue weighted by Gasteiger charge is -2.25. The second-order valence-corrected chi connectivity index (χ2v) is 10.9. The zero-order valence-electron chi connectivity index (χ0n) is 17.2. The molecule has 0 unspecified atom stereocenters. The molecule has 1 aliphatic rings. The maximum atomic E-state index is 12.8. The van der Waals surface area contributed by atoms with Gasteiger partial charge in [0, 0.05) is 36.9 Å². The summed E-state index contributed by atoms with van der Waals surface area (Å²) in [6, 6.07) is 13.2. The van der Waals surface area contributed by atoms with E-state index in [9.17, 15) is 13.2 Å². The van der Waals surface area contributed by atoms with Crippen molar-refractivity contribution >= 4 is 27.3 Å². The van der Waals surface area contributed by atoms with E-state index in [0.717, 1.165) is 35.3 Å². The molecule has 1 saturated heterocycles. The number of nitrogens with zero attached hydrogens (tertiary/aromatic N) is 3. The number of piperidine rings is 1. The SMILES string of the molecule is O=C(Cc1ccc(S(=O)(=O)N2CCCCC2)s1)NCc1ccccc1Cn1cccn1. The number of nitrogens with one attached hydrogen (secondary N) is 1. The Morgan fingerprint density at radius 3 is 2.55 bits per heavy atom. The summed E-state index contributed by atoms with van der Waals surface area (Å²) in [5.41, 5.74) is 2.13. The molecule has 0 spiro atoms. The quantitative estimate of drug-likeness (QED) is 0.562. The molecule has 1 aliphatic heterocycles. The van der Waals surface area contributed by atoms with E-state index >= 15 is 0 Å². The van der Waals surface area contributed by atoms with E-state index in [2.05, 4.69) is 10.4 Å². The molecule has 1 fully saturated rings. The van der Waals surface area contributed by atoms with Gasteiger partial charge in [-0.05, 0) is 42.2 Å². The van der Waals surface area contributed by atoms with Gasteiger partial charge in [-0.3, -0.25) is 9.48 Å². The van der Waals surface area contributed by atoms with E-state index in [0.29, 0.717) is 30.4 Å². The lowest BCUT2D eigenvalue weighted by atomic mass is 10.1. The second-order valence-electron chi connectivity index (χ2n) is 7.61. The fraction of sp³-hybridized carbons (Fsp3) is 0.364. The molecule has 7 nitrogen and oxygen atoms in total. The number of amides is 1. The topological polar surface area (TPSA) is 84.3 Å². The fourth-order valence-electron chi connectivity index (χ4n) is 3.69. The van der Waals surface area contributed by atoms with Crippen molar-refractivity contribution < 1.29 is 13.2 Å². The molecular weight excluding hydrogens is 432 g/mol. The Morgan fingerprint density at radius 1 is 1.03 bits per heavy atom. The number of hydrogen-bond acceptors (Lipinski definition) is 5. The van der Waals surface area contributed by atoms with Gasteiger partial charge in [0.1, 0.15) is 4.21 Å². The van der Waals surface area contributed by atoms with Crippen LogP contribution in [0.15, 0.2) is 59.1 Å². The van der Waals surface area contributed by atoms with Gasteiger partial charge in [-0.15, -0.1) is 11.3 Å². The van der Waals surface area contributed by atoms with Gasteiger partial charge in [-0.2, -0.15) is 9.40 Å². The molecule has 4 rings (SSSR count). The number of carbonyl (C=O) groups is 1. The summed E-state index contributed by atoms with van der Waals surface area (Å²) in [4.78, 5) is 13.2. The van der Waals surface area contributed by atoms with Gasteiger partial charge in [0.15, 0.2) is 0 Å². The third-order valence-corrected chi connectivity index (χ3v) is 8.82. The molecule has 0 atom stereocenters. The minimum Gasteiger partial charge on any atom is -0.352 e. The van der Waals surface area contributed by atoms with Crippen LogP contribution in [0.5, 0.6) is 0 Å². The Kier molecular flexibility index (Phi) is 6.84. The Hall–Kier alpha value is -2.49. The lowest BCUT2D eigenvalue weighted by Crippen LogP contribution is -2.35. The predicted molar refractivity (Wildman–Crippen MR) is 120 cm³/mol. The average molecular weight is 459 g/mol. The van der Waals surface area contributed by atoms with E-state index < -0.39 is 10.0 Å². The van der Waals surface area contributed by atoms with Crippen molar-refractivity contribution in [1.29, 1.82) is 0 Å². The molecule has 1 N–H and O–H groups in total. The van der Waals surface area contributed by atoms with Gasteiger partial charge in [0.05, 0.1) is 13.0 Å². The normalized spacial score (nSPS) is 15.1. The van der Waals surface area contributed by atoms with Gasteiger partial charge in [-0.1, -0.05) is 30.7 Å². The Bertz CT molecular complexity index is 1120. The summed E-state index contributed by atoms with van der Waals surface area (Å²) in [7, 11) is -3.45. The first kappa shape index (κ1) is 21.7. The molecule has 3 heterocycles. The zero-order chi connectivity index (χ0) is 21.7. The first-order valence-corrected chi connectivity index (χ1v) is 12.7. The summed E-state index contributed by atoms with van der Waals surface area (Å²) in [6.07, 6.45) is 6.70. The predicted octanol–water partition coefficient (Wildman–Crippen LogP) is 3.03. The maximum absolute atomic E-state index is 12.8. The average Bonchev–Trinajstić information content (AvgIpc) is 3.46. The third-order valence-electron chi connectivity index (χ3n) is 5.37. The number of carbonyl (C=O) groups excluding carboxylic acids is 1. The number of thiophene rings is 1. The van der Waals surface area contributed by atoms with Crippen LogP contribution in [0.4, 0.5) is 0 Å². The number of aromatic nitrogens is 2. The minimum atomic E-state index is -3.45. The standard InChI is InChI=1S/C22H26N4O3S2/c27-21(23-16-18-7-2-3-8-19(18)17-25-12-6-11-24-25)15-20-9-10-22(30-20)31(28,29)26-13-4-1-5-14-26/h2-3,6-12H,1,4-5,13-17H2,(H,23,27).